The number of nitrogens with one attached hydrogen (secondary N) is 1. The highest BCUT2D eigenvalue weighted by molar-refractivity contribution is 7.12. The molecule has 0 bridgehead atoms. The van der Waals surface area contributed by atoms with E-state index in [1.54, 1.807) is 13.2 Å². The summed E-state index contributed by atoms with van der Waals surface area (Å²) in [4.78, 5) is 15.2. The molecule has 1 aliphatic heterocycles. The predicted octanol–water partition coefficient (Wildman–Crippen LogP) is 2.25. The minimum absolute atomic E-state index is 0.117. The second-order valence-electron chi connectivity index (χ2n) is 5.95. The van der Waals surface area contributed by atoms with E-state index in [-0.39, 0.29) is 12.0 Å². The van der Waals surface area contributed by atoms with Gasteiger partial charge in [-0.05, 0) is 29.0 Å². The maximum absolute atomic E-state index is 12.3. The van der Waals surface area contributed by atoms with Crippen molar-refractivity contribution in [1.82, 2.24) is 10.2 Å². The van der Waals surface area contributed by atoms with Gasteiger partial charge in [-0.15, -0.1) is 11.3 Å². The van der Waals surface area contributed by atoms with Crippen molar-refractivity contribution in [1.29, 1.82) is 0 Å². The molecule has 0 spiro atoms. The van der Waals surface area contributed by atoms with E-state index in [9.17, 15) is 9.90 Å². The fourth-order valence-corrected chi connectivity index (χ4v) is 3.73. The summed E-state index contributed by atoms with van der Waals surface area (Å²) in [6.45, 7) is 2.90. The van der Waals surface area contributed by atoms with Crippen LogP contribution in [0.2, 0.25) is 0 Å². The van der Waals surface area contributed by atoms with Crippen molar-refractivity contribution in [2.45, 2.75) is 25.6 Å². The molecule has 0 saturated carbocycles. The molecule has 1 aromatic heterocycles. The van der Waals surface area contributed by atoms with Gasteiger partial charge in [0.25, 0.3) is 5.91 Å². The predicted molar refractivity (Wildman–Crippen MR) is 94.4 cm³/mol. The molecule has 1 aliphatic rings. The molecular formula is C18H22N2O3S. The fraction of sp³-hybridized carbons (Fsp3) is 0.389. The van der Waals surface area contributed by atoms with Gasteiger partial charge in [0.1, 0.15) is 10.6 Å². The zero-order valence-electron chi connectivity index (χ0n) is 13.7. The van der Waals surface area contributed by atoms with Gasteiger partial charge in [0.2, 0.25) is 0 Å². The smallest absolute Gasteiger partial charge is 0.265 e. The van der Waals surface area contributed by atoms with E-state index in [0.29, 0.717) is 23.7 Å². The van der Waals surface area contributed by atoms with E-state index in [2.05, 4.69) is 16.3 Å². The van der Waals surface area contributed by atoms with E-state index in [1.165, 1.54) is 16.9 Å². The van der Waals surface area contributed by atoms with E-state index in [1.807, 2.05) is 23.6 Å². The molecule has 1 saturated heterocycles. The molecule has 5 nitrogen and oxygen atoms in total. The van der Waals surface area contributed by atoms with Crippen LogP contribution in [-0.2, 0) is 13.1 Å². The van der Waals surface area contributed by atoms with Gasteiger partial charge in [0.15, 0.2) is 0 Å². The number of rotatable bonds is 6. The summed E-state index contributed by atoms with van der Waals surface area (Å²) in [5.74, 6) is 0.491. The van der Waals surface area contributed by atoms with E-state index < -0.39 is 0 Å². The average molecular weight is 346 g/mol. The monoisotopic (exact) mass is 346 g/mol. The van der Waals surface area contributed by atoms with Gasteiger partial charge in [-0.1, -0.05) is 24.3 Å². The summed E-state index contributed by atoms with van der Waals surface area (Å²) in [5, 5.41) is 14.5. The van der Waals surface area contributed by atoms with Crippen molar-refractivity contribution in [3.05, 3.63) is 51.7 Å². The molecule has 2 heterocycles. The quantitative estimate of drug-likeness (QED) is 0.842. The topological polar surface area (TPSA) is 61.8 Å². The second kappa shape index (κ2) is 7.79. The van der Waals surface area contributed by atoms with Crippen LogP contribution < -0.4 is 10.1 Å². The largest absolute Gasteiger partial charge is 0.495 e. The number of methoxy groups -OCH3 is 1. The number of aliphatic hydroxyl groups is 1. The zero-order chi connectivity index (χ0) is 16.9. The van der Waals surface area contributed by atoms with Crippen LogP contribution in [0, 0.1) is 0 Å². The Balaban J connectivity index is 1.64. The summed E-state index contributed by atoms with van der Waals surface area (Å²) < 4.78 is 5.20. The van der Waals surface area contributed by atoms with Gasteiger partial charge >= 0.3 is 0 Å². The van der Waals surface area contributed by atoms with Crippen molar-refractivity contribution in [2.24, 2.45) is 0 Å². The molecule has 3 rings (SSSR count). The number of carbonyl (C=O) groups is 1. The number of hydrogen-bond donors (Lipinski definition) is 2. The standard InChI is InChI=1S/C18H22N2O3S/c1-23-16-7-9-24-17(16)18(22)19-10-13-4-2-3-5-14(13)11-20-8-6-15(21)12-20/h2-5,7,9,15,21H,6,8,10-12H2,1H3,(H,19,22). The first-order valence-electron chi connectivity index (χ1n) is 8.04. The third-order valence-electron chi connectivity index (χ3n) is 4.25. The van der Waals surface area contributed by atoms with Crippen LogP contribution in [-0.4, -0.2) is 42.2 Å². The van der Waals surface area contributed by atoms with E-state index in [0.717, 1.165) is 25.1 Å². The SMILES string of the molecule is COc1ccsc1C(=O)NCc1ccccc1CN1CCC(O)C1. The molecule has 1 fully saturated rings. The number of carbonyl (C=O) groups excluding carboxylic acids is 1. The summed E-state index contributed by atoms with van der Waals surface area (Å²) in [6, 6.07) is 9.91. The van der Waals surface area contributed by atoms with E-state index in [4.69, 9.17) is 4.74 Å². The Morgan fingerprint density at radius 2 is 2.17 bits per heavy atom. The number of nitrogens with zero attached hydrogens (tertiary/aromatic N) is 1. The Bertz CT molecular complexity index is 701. The fourth-order valence-electron chi connectivity index (χ4n) is 2.96. The number of ether oxygens (including phenoxy) is 1. The minimum atomic E-state index is -0.219. The van der Waals surface area contributed by atoms with E-state index >= 15 is 0 Å². The van der Waals surface area contributed by atoms with Crippen LogP contribution in [0.4, 0.5) is 0 Å². The number of likely N-dealkylation sites (tertiary alicyclic amines) is 1. The lowest BCUT2D eigenvalue weighted by Gasteiger charge is -2.18. The van der Waals surface area contributed by atoms with Crippen LogP contribution in [0.5, 0.6) is 5.75 Å². The van der Waals surface area contributed by atoms with Crippen LogP contribution in [0.25, 0.3) is 0 Å². The normalized spacial score (nSPS) is 17.8. The molecule has 1 unspecified atom stereocenters. The molecule has 6 heteroatoms. The Labute approximate surface area is 145 Å². The third kappa shape index (κ3) is 3.95. The Kier molecular flexibility index (Phi) is 5.50. The first kappa shape index (κ1) is 17.0. The molecule has 1 atom stereocenters. The number of amides is 1. The van der Waals surface area contributed by atoms with Gasteiger partial charge in [0, 0.05) is 26.2 Å². The molecule has 0 aliphatic carbocycles. The number of β-amino-alcohol motifs (C(OH)–C–C–N with tert-alkyl or cyclic N) is 1. The van der Waals surface area contributed by atoms with Crippen LogP contribution in [0.1, 0.15) is 27.2 Å². The number of benzene rings is 1. The van der Waals surface area contributed by atoms with Gasteiger partial charge in [-0.3, -0.25) is 9.69 Å². The number of hydrogen-bond acceptors (Lipinski definition) is 5. The third-order valence-corrected chi connectivity index (χ3v) is 5.15. The molecule has 1 aromatic carbocycles. The number of thiophene rings is 1. The lowest BCUT2D eigenvalue weighted by molar-refractivity contribution is 0.0952. The van der Waals surface area contributed by atoms with Crippen molar-refractivity contribution in [3.8, 4) is 5.75 Å². The molecule has 0 radical (unpaired) electrons. The molecule has 128 valence electrons. The summed E-state index contributed by atoms with van der Waals surface area (Å²) in [7, 11) is 1.57. The lowest BCUT2D eigenvalue weighted by atomic mass is 10.1. The molecule has 2 aromatic rings. The summed E-state index contributed by atoms with van der Waals surface area (Å²) in [5.41, 5.74) is 2.29. The van der Waals surface area contributed by atoms with Crippen LogP contribution in [0.3, 0.4) is 0 Å². The first-order chi connectivity index (χ1) is 11.7. The van der Waals surface area contributed by atoms with Crippen molar-refractivity contribution >= 4 is 17.2 Å². The van der Waals surface area contributed by atoms with Crippen molar-refractivity contribution in [3.63, 3.8) is 0 Å². The van der Waals surface area contributed by atoms with Gasteiger partial charge < -0.3 is 15.2 Å². The van der Waals surface area contributed by atoms with Crippen LogP contribution >= 0.6 is 11.3 Å². The highest BCUT2D eigenvalue weighted by Gasteiger charge is 2.21. The van der Waals surface area contributed by atoms with Crippen LogP contribution in [0.15, 0.2) is 35.7 Å². The Morgan fingerprint density at radius 1 is 1.38 bits per heavy atom. The first-order valence-corrected chi connectivity index (χ1v) is 8.92. The summed E-state index contributed by atoms with van der Waals surface area (Å²) >= 11 is 1.37. The van der Waals surface area contributed by atoms with Gasteiger partial charge in [0.05, 0.1) is 13.2 Å². The van der Waals surface area contributed by atoms with Gasteiger partial charge in [-0.2, -0.15) is 0 Å². The Morgan fingerprint density at radius 3 is 2.88 bits per heavy atom. The zero-order valence-corrected chi connectivity index (χ0v) is 14.5. The van der Waals surface area contributed by atoms with Crippen molar-refractivity contribution in [2.75, 3.05) is 20.2 Å². The summed E-state index contributed by atoms with van der Waals surface area (Å²) in [6.07, 6.45) is 0.611. The molecular weight excluding hydrogens is 324 g/mol. The highest BCUT2D eigenvalue weighted by atomic mass is 32.1. The molecule has 24 heavy (non-hydrogen) atoms. The molecule has 2 N–H and O–H groups in total. The minimum Gasteiger partial charge on any atom is -0.495 e. The second-order valence-corrected chi connectivity index (χ2v) is 6.86. The average Bonchev–Trinajstić information content (AvgIpc) is 3.22. The Hall–Kier alpha value is -1.89. The maximum atomic E-state index is 12.3. The van der Waals surface area contributed by atoms with Gasteiger partial charge in [-0.25, -0.2) is 0 Å². The highest BCUT2D eigenvalue weighted by Crippen LogP contribution is 2.24. The maximum Gasteiger partial charge on any atom is 0.265 e. The lowest BCUT2D eigenvalue weighted by Crippen LogP contribution is -2.25. The molecule has 1 amide bonds. The van der Waals surface area contributed by atoms with Crippen molar-refractivity contribution < 1.29 is 14.6 Å². The number of aliphatic hydroxyl groups excluding tert-OH is 1.